The number of hydrogen-bond donors (Lipinski definition) is 1. The van der Waals surface area contributed by atoms with Crippen LogP contribution in [-0.4, -0.2) is 10.1 Å². The lowest BCUT2D eigenvalue weighted by atomic mass is 10.2. The molecule has 1 aromatic rings. The van der Waals surface area contributed by atoms with Gasteiger partial charge in [-0.25, -0.2) is 13.8 Å². The second-order valence-corrected chi connectivity index (χ2v) is 3.78. The Morgan fingerprint density at radius 1 is 1.62 bits per heavy atom. The number of rotatable bonds is 2. The molecule has 1 rings (SSSR count). The maximum atomic E-state index is 12.2. The largest absolute Gasteiger partial charge is 0.392 e. The zero-order valence-electron chi connectivity index (χ0n) is 6.27. The molecule has 0 bridgehead atoms. The molecule has 0 amide bonds. The minimum Gasteiger partial charge on any atom is -0.392 e. The lowest BCUT2D eigenvalue weighted by molar-refractivity contribution is 0.146. The summed E-state index contributed by atoms with van der Waals surface area (Å²) in [5.74, 6) is 0. The minimum absolute atomic E-state index is 0.0651. The maximum absolute atomic E-state index is 12.2. The van der Waals surface area contributed by atoms with Crippen LogP contribution in [0, 0.1) is 3.57 Å². The molecule has 1 N–H and O–H groups in total. The van der Waals surface area contributed by atoms with Gasteiger partial charge in [-0.1, -0.05) is 11.6 Å². The van der Waals surface area contributed by atoms with Crippen molar-refractivity contribution in [3.63, 3.8) is 0 Å². The van der Waals surface area contributed by atoms with E-state index in [9.17, 15) is 8.78 Å². The summed E-state index contributed by atoms with van der Waals surface area (Å²) >= 11 is 7.40. The van der Waals surface area contributed by atoms with E-state index in [0.717, 1.165) is 0 Å². The van der Waals surface area contributed by atoms with Crippen LogP contribution in [0.2, 0.25) is 5.15 Å². The van der Waals surface area contributed by atoms with E-state index in [1.807, 2.05) is 22.6 Å². The third-order valence-corrected chi connectivity index (χ3v) is 2.70. The molecular formula is C7H5ClF2INO. The molecule has 1 aromatic heterocycles. The van der Waals surface area contributed by atoms with E-state index in [1.165, 1.54) is 6.07 Å². The van der Waals surface area contributed by atoms with Gasteiger partial charge in [-0.3, -0.25) is 0 Å². The van der Waals surface area contributed by atoms with Gasteiger partial charge in [0.15, 0.2) is 0 Å². The molecule has 0 fully saturated rings. The standard InChI is InChI=1S/C7H5ClF2INO/c8-6-3(2-13)4(11)1-5(12-6)7(9)10/h1,7,13H,2H2. The van der Waals surface area contributed by atoms with E-state index < -0.39 is 6.43 Å². The third kappa shape index (κ3) is 2.47. The van der Waals surface area contributed by atoms with E-state index in [1.54, 1.807) is 0 Å². The Morgan fingerprint density at radius 2 is 2.23 bits per heavy atom. The highest BCUT2D eigenvalue weighted by Gasteiger charge is 2.14. The topological polar surface area (TPSA) is 33.1 Å². The second kappa shape index (κ2) is 4.47. The molecule has 0 radical (unpaired) electrons. The van der Waals surface area contributed by atoms with Gasteiger partial charge in [-0.2, -0.15) is 0 Å². The van der Waals surface area contributed by atoms with Crippen LogP contribution in [0.1, 0.15) is 17.7 Å². The molecule has 0 saturated heterocycles. The van der Waals surface area contributed by atoms with E-state index in [4.69, 9.17) is 16.7 Å². The normalized spacial score (nSPS) is 10.9. The van der Waals surface area contributed by atoms with Crippen molar-refractivity contribution in [1.82, 2.24) is 4.98 Å². The zero-order valence-corrected chi connectivity index (χ0v) is 9.18. The lowest BCUT2D eigenvalue weighted by Crippen LogP contribution is -1.98. The molecule has 13 heavy (non-hydrogen) atoms. The Labute approximate surface area is 92.1 Å². The highest BCUT2D eigenvalue weighted by atomic mass is 127. The molecule has 72 valence electrons. The van der Waals surface area contributed by atoms with E-state index in [-0.39, 0.29) is 17.5 Å². The number of aliphatic hydroxyl groups excluding tert-OH is 1. The summed E-state index contributed by atoms with van der Waals surface area (Å²) in [5, 5.41) is 8.75. The smallest absolute Gasteiger partial charge is 0.280 e. The highest BCUT2D eigenvalue weighted by Crippen LogP contribution is 2.25. The van der Waals surface area contributed by atoms with Gasteiger partial charge in [-0.05, 0) is 28.7 Å². The van der Waals surface area contributed by atoms with Crippen LogP contribution in [0.15, 0.2) is 6.07 Å². The Kier molecular flexibility index (Phi) is 3.81. The van der Waals surface area contributed by atoms with Crippen molar-refractivity contribution < 1.29 is 13.9 Å². The van der Waals surface area contributed by atoms with Crippen LogP contribution >= 0.6 is 34.2 Å². The van der Waals surface area contributed by atoms with Crippen LogP contribution in [0.4, 0.5) is 8.78 Å². The molecule has 1 heterocycles. The van der Waals surface area contributed by atoms with Gasteiger partial charge < -0.3 is 5.11 Å². The van der Waals surface area contributed by atoms with Crippen LogP contribution in [0.25, 0.3) is 0 Å². The number of aliphatic hydroxyl groups is 1. The molecule has 0 spiro atoms. The number of nitrogens with zero attached hydrogens (tertiary/aromatic N) is 1. The molecular weight excluding hydrogens is 314 g/mol. The molecule has 6 heteroatoms. The zero-order chi connectivity index (χ0) is 10.0. The Balaban J connectivity index is 3.20. The Hall–Kier alpha value is -0.0100. The predicted molar refractivity (Wildman–Crippen MR) is 52.8 cm³/mol. The Bertz CT molecular complexity index is 298. The first-order valence-electron chi connectivity index (χ1n) is 3.30. The van der Waals surface area contributed by atoms with Crippen LogP contribution in [-0.2, 0) is 6.61 Å². The predicted octanol–water partition coefficient (Wildman–Crippen LogP) is 2.77. The van der Waals surface area contributed by atoms with Gasteiger partial charge in [-0.15, -0.1) is 0 Å². The molecule has 0 atom stereocenters. The summed E-state index contributed by atoms with van der Waals surface area (Å²) in [6, 6.07) is 1.21. The molecule has 0 saturated carbocycles. The summed E-state index contributed by atoms with van der Waals surface area (Å²) in [6.07, 6.45) is -2.64. The van der Waals surface area contributed by atoms with E-state index in [0.29, 0.717) is 9.13 Å². The van der Waals surface area contributed by atoms with E-state index >= 15 is 0 Å². The van der Waals surface area contributed by atoms with Crippen molar-refractivity contribution in [2.24, 2.45) is 0 Å². The molecule has 2 nitrogen and oxygen atoms in total. The van der Waals surface area contributed by atoms with Gasteiger partial charge in [0.2, 0.25) is 0 Å². The first-order valence-corrected chi connectivity index (χ1v) is 4.75. The fraction of sp³-hybridized carbons (Fsp3) is 0.286. The molecule has 0 unspecified atom stereocenters. The number of aromatic nitrogens is 1. The van der Waals surface area contributed by atoms with Crippen molar-refractivity contribution in [1.29, 1.82) is 0 Å². The number of pyridine rings is 1. The second-order valence-electron chi connectivity index (χ2n) is 2.26. The monoisotopic (exact) mass is 319 g/mol. The lowest BCUT2D eigenvalue weighted by Gasteiger charge is -2.05. The van der Waals surface area contributed by atoms with Crippen molar-refractivity contribution in [2.45, 2.75) is 13.0 Å². The average molecular weight is 319 g/mol. The van der Waals surface area contributed by atoms with Gasteiger partial charge in [0, 0.05) is 9.13 Å². The summed E-state index contributed by atoms with van der Waals surface area (Å²) in [6.45, 7) is -0.298. The van der Waals surface area contributed by atoms with Crippen molar-refractivity contribution in [2.75, 3.05) is 0 Å². The minimum atomic E-state index is -2.64. The van der Waals surface area contributed by atoms with Gasteiger partial charge in [0.05, 0.1) is 6.61 Å². The van der Waals surface area contributed by atoms with Crippen LogP contribution in [0.5, 0.6) is 0 Å². The summed E-state index contributed by atoms with van der Waals surface area (Å²) in [5.41, 5.74) is 0.0123. The van der Waals surface area contributed by atoms with Crippen LogP contribution < -0.4 is 0 Å². The fourth-order valence-electron chi connectivity index (χ4n) is 0.781. The molecule has 0 aliphatic rings. The maximum Gasteiger partial charge on any atom is 0.280 e. The summed E-state index contributed by atoms with van der Waals surface area (Å²) in [4.78, 5) is 3.45. The molecule has 0 aromatic carbocycles. The van der Waals surface area contributed by atoms with Gasteiger partial charge in [0.1, 0.15) is 10.8 Å². The average Bonchev–Trinajstić information content (AvgIpc) is 2.03. The highest BCUT2D eigenvalue weighted by molar-refractivity contribution is 14.1. The summed E-state index contributed by atoms with van der Waals surface area (Å²) < 4.78 is 24.8. The molecule has 0 aliphatic carbocycles. The number of halogens is 4. The first kappa shape index (κ1) is 11.1. The van der Waals surface area contributed by atoms with Crippen LogP contribution in [0.3, 0.4) is 0 Å². The Morgan fingerprint density at radius 3 is 2.62 bits per heavy atom. The van der Waals surface area contributed by atoms with Gasteiger partial charge in [0.25, 0.3) is 6.43 Å². The van der Waals surface area contributed by atoms with E-state index in [2.05, 4.69) is 4.98 Å². The number of alkyl halides is 2. The SMILES string of the molecule is OCc1c(I)cc(C(F)F)nc1Cl. The first-order chi connectivity index (χ1) is 6.06. The third-order valence-electron chi connectivity index (χ3n) is 1.42. The van der Waals surface area contributed by atoms with Crippen molar-refractivity contribution in [3.8, 4) is 0 Å². The summed E-state index contributed by atoms with van der Waals surface area (Å²) in [7, 11) is 0. The number of hydrogen-bond acceptors (Lipinski definition) is 2. The molecule has 0 aliphatic heterocycles. The van der Waals surface area contributed by atoms with Crippen molar-refractivity contribution >= 4 is 34.2 Å². The quantitative estimate of drug-likeness (QED) is 0.672. The van der Waals surface area contributed by atoms with Gasteiger partial charge >= 0.3 is 0 Å². The fourth-order valence-corrected chi connectivity index (χ4v) is 1.94. The van der Waals surface area contributed by atoms with Crippen molar-refractivity contribution in [3.05, 3.63) is 26.0 Å².